The van der Waals surface area contributed by atoms with Crippen LogP contribution in [-0.4, -0.2) is 23.5 Å². The molecule has 2 saturated heterocycles. The number of ether oxygens (including phenoxy) is 1. The Bertz CT molecular complexity index is 654. The smallest absolute Gasteiger partial charge is 0.241 e. The second-order valence-corrected chi connectivity index (χ2v) is 6.05. The van der Waals surface area contributed by atoms with Crippen molar-refractivity contribution in [1.82, 2.24) is 0 Å². The van der Waals surface area contributed by atoms with Crippen LogP contribution in [0, 0.1) is 11.8 Å². The molecule has 0 spiro atoms. The molecule has 0 unspecified atom stereocenters. The van der Waals surface area contributed by atoms with Crippen molar-refractivity contribution < 1.29 is 14.3 Å². The molecule has 102 valence electrons. The largest absolute Gasteiger partial charge is 0.362 e. The molecule has 4 nitrogen and oxygen atoms in total. The van der Waals surface area contributed by atoms with E-state index in [2.05, 4.69) is 0 Å². The third-order valence-corrected chi connectivity index (χ3v) is 4.67. The van der Waals surface area contributed by atoms with E-state index in [1.165, 1.54) is 4.90 Å². The van der Waals surface area contributed by atoms with Gasteiger partial charge in [-0.05, 0) is 31.2 Å². The highest BCUT2D eigenvalue weighted by atomic mass is 35.5. The van der Waals surface area contributed by atoms with Crippen LogP contribution >= 0.6 is 11.6 Å². The normalized spacial score (nSPS) is 37.9. The molecule has 3 aliphatic rings. The third-order valence-electron chi connectivity index (χ3n) is 4.41. The van der Waals surface area contributed by atoms with Gasteiger partial charge in [-0.1, -0.05) is 23.8 Å². The van der Waals surface area contributed by atoms with Crippen LogP contribution in [0.4, 0.5) is 5.69 Å². The summed E-state index contributed by atoms with van der Waals surface area (Å²) in [6.07, 6.45) is 3.51. The fourth-order valence-corrected chi connectivity index (χ4v) is 3.62. The number of imide groups is 1. The van der Waals surface area contributed by atoms with Crippen molar-refractivity contribution in [2.75, 3.05) is 4.90 Å². The molecule has 1 aromatic carbocycles. The summed E-state index contributed by atoms with van der Waals surface area (Å²) in [4.78, 5) is 26.5. The summed E-state index contributed by atoms with van der Waals surface area (Å²) in [7, 11) is 0. The number of halogens is 1. The number of anilines is 1. The Kier molecular flexibility index (Phi) is 2.25. The molecule has 2 fully saturated rings. The SMILES string of the molecule is C[C@@]12C=C[C@H](O1)[C@H]1C(=O)N(c3ccc(Cl)cc3)C(=O)[C@@H]12. The zero-order valence-electron chi connectivity index (χ0n) is 10.7. The van der Waals surface area contributed by atoms with Crippen LogP contribution in [0.25, 0.3) is 0 Å². The molecule has 4 atom stereocenters. The molecule has 4 rings (SSSR count). The molecule has 3 aliphatic heterocycles. The third kappa shape index (κ3) is 1.35. The Balaban J connectivity index is 1.77. The molecule has 0 saturated carbocycles. The molecule has 2 bridgehead atoms. The summed E-state index contributed by atoms with van der Waals surface area (Å²) in [6, 6.07) is 6.74. The van der Waals surface area contributed by atoms with Gasteiger partial charge in [0.2, 0.25) is 11.8 Å². The van der Waals surface area contributed by atoms with Gasteiger partial charge in [0.25, 0.3) is 0 Å². The van der Waals surface area contributed by atoms with Gasteiger partial charge in [-0.25, -0.2) is 4.90 Å². The van der Waals surface area contributed by atoms with Crippen molar-refractivity contribution in [2.45, 2.75) is 18.6 Å². The maximum absolute atomic E-state index is 12.6. The van der Waals surface area contributed by atoms with Crippen LogP contribution in [0.15, 0.2) is 36.4 Å². The monoisotopic (exact) mass is 289 g/mol. The number of fused-ring (bicyclic) bond motifs is 5. The number of carbonyl (C=O) groups is 2. The number of carbonyl (C=O) groups excluding carboxylic acids is 2. The van der Waals surface area contributed by atoms with Gasteiger partial charge in [0.05, 0.1) is 29.2 Å². The summed E-state index contributed by atoms with van der Waals surface area (Å²) in [5.74, 6) is -1.18. The van der Waals surface area contributed by atoms with Gasteiger partial charge in [0, 0.05) is 5.02 Å². The van der Waals surface area contributed by atoms with Crippen LogP contribution in [0.1, 0.15) is 6.92 Å². The summed E-state index contributed by atoms with van der Waals surface area (Å²) in [5.41, 5.74) is -0.0784. The molecule has 2 amide bonds. The van der Waals surface area contributed by atoms with Crippen LogP contribution in [0.5, 0.6) is 0 Å². The maximum atomic E-state index is 12.6. The highest BCUT2D eigenvalue weighted by molar-refractivity contribution is 6.31. The van der Waals surface area contributed by atoms with E-state index in [1.54, 1.807) is 24.3 Å². The molecule has 5 heteroatoms. The quantitative estimate of drug-likeness (QED) is 0.588. The second kappa shape index (κ2) is 3.71. The molecule has 0 aliphatic carbocycles. The van der Waals surface area contributed by atoms with Crippen molar-refractivity contribution >= 4 is 29.1 Å². The molecule has 0 N–H and O–H groups in total. The minimum Gasteiger partial charge on any atom is -0.362 e. The number of hydrogen-bond donors (Lipinski definition) is 0. The van der Waals surface area contributed by atoms with Gasteiger partial charge in [-0.15, -0.1) is 0 Å². The fourth-order valence-electron chi connectivity index (χ4n) is 3.50. The van der Waals surface area contributed by atoms with Gasteiger partial charge in [0.1, 0.15) is 0 Å². The van der Waals surface area contributed by atoms with Gasteiger partial charge in [-0.3, -0.25) is 9.59 Å². The van der Waals surface area contributed by atoms with Crippen molar-refractivity contribution in [3.05, 3.63) is 41.4 Å². The first-order chi connectivity index (χ1) is 9.51. The van der Waals surface area contributed by atoms with E-state index >= 15 is 0 Å². The van der Waals surface area contributed by atoms with E-state index in [1.807, 2.05) is 19.1 Å². The molecular formula is C15H12ClNO3. The number of rotatable bonds is 1. The first kappa shape index (κ1) is 12.1. The molecule has 1 aromatic rings. The van der Waals surface area contributed by atoms with Gasteiger partial charge >= 0.3 is 0 Å². The minimum absolute atomic E-state index is 0.180. The van der Waals surface area contributed by atoms with Gasteiger partial charge in [-0.2, -0.15) is 0 Å². The van der Waals surface area contributed by atoms with Crippen molar-refractivity contribution in [3.63, 3.8) is 0 Å². The Morgan fingerprint density at radius 2 is 1.90 bits per heavy atom. The van der Waals surface area contributed by atoms with E-state index in [0.29, 0.717) is 10.7 Å². The van der Waals surface area contributed by atoms with E-state index in [-0.39, 0.29) is 17.9 Å². The lowest BCUT2D eigenvalue weighted by Gasteiger charge is -2.24. The first-order valence-corrected chi connectivity index (χ1v) is 6.90. The number of nitrogens with zero attached hydrogens (tertiary/aromatic N) is 1. The van der Waals surface area contributed by atoms with Crippen LogP contribution in [0.2, 0.25) is 5.02 Å². The molecule has 20 heavy (non-hydrogen) atoms. The Morgan fingerprint density at radius 3 is 2.55 bits per heavy atom. The Hall–Kier alpha value is -1.65. The van der Waals surface area contributed by atoms with Crippen molar-refractivity contribution in [1.29, 1.82) is 0 Å². The topological polar surface area (TPSA) is 46.6 Å². The number of amides is 2. The van der Waals surface area contributed by atoms with Gasteiger partial charge < -0.3 is 4.74 Å². The van der Waals surface area contributed by atoms with E-state index < -0.39 is 17.4 Å². The molecular weight excluding hydrogens is 278 g/mol. The Morgan fingerprint density at radius 1 is 1.20 bits per heavy atom. The predicted octanol–water partition coefficient (Wildman–Crippen LogP) is 2.17. The van der Waals surface area contributed by atoms with Gasteiger partial charge in [0.15, 0.2) is 0 Å². The standard InChI is InChI=1S/C15H12ClNO3/c1-15-7-6-10(20-15)11-12(15)14(19)17(13(11)18)9-4-2-8(16)3-5-9/h2-7,10-12H,1H3/t10-,11+,12+,15-/m0/s1. The predicted molar refractivity (Wildman–Crippen MR) is 73.3 cm³/mol. The highest BCUT2D eigenvalue weighted by Gasteiger charge is 2.65. The fraction of sp³-hybridized carbons (Fsp3) is 0.333. The molecule has 0 radical (unpaired) electrons. The summed E-state index contributed by atoms with van der Waals surface area (Å²) in [5, 5.41) is 0.574. The summed E-state index contributed by atoms with van der Waals surface area (Å²) < 4.78 is 5.77. The lowest BCUT2D eigenvalue weighted by atomic mass is 9.78. The van der Waals surface area contributed by atoms with Crippen LogP contribution < -0.4 is 4.90 Å². The van der Waals surface area contributed by atoms with Crippen LogP contribution in [0.3, 0.4) is 0 Å². The first-order valence-electron chi connectivity index (χ1n) is 6.52. The zero-order valence-corrected chi connectivity index (χ0v) is 11.5. The van der Waals surface area contributed by atoms with Crippen molar-refractivity contribution in [3.8, 4) is 0 Å². The van der Waals surface area contributed by atoms with Crippen molar-refractivity contribution in [2.24, 2.45) is 11.8 Å². The average molecular weight is 290 g/mol. The highest BCUT2D eigenvalue weighted by Crippen LogP contribution is 2.52. The lowest BCUT2D eigenvalue weighted by molar-refractivity contribution is -0.126. The van der Waals surface area contributed by atoms with Crippen LogP contribution in [-0.2, 0) is 14.3 Å². The summed E-state index contributed by atoms with van der Waals surface area (Å²) in [6.45, 7) is 1.87. The summed E-state index contributed by atoms with van der Waals surface area (Å²) >= 11 is 5.85. The van der Waals surface area contributed by atoms with E-state index in [4.69, 9.17) is 16.3 Å². The lowest BCUT2D eigenvalue weighted by Crippen LogP contribution is -2.38. The Labute approximate surface area is 121 Å². The number of hydrogen-bond acceptors (Lipinski definition) is 3. The van der Waals surface area contributed by atoms with E-state index in [9.17, 15) is 9.59 Å². The zero-order chi connectivity index (χ0) is 14.1. The molecule has 3 heterocycles. The number of benzene rings is 1. The maximum Gasteiger partial charge on any atom is 0.241 e. The molecule has 0 aromatic heterocycles. The minimum atomic E-state index is -0.650. The average Bonchev–Trinajstić information content (AvgIpc) is 3.01. The van der Waals surface area contributed by atoms with E-state index in [0.717, 1.165) is 0 Å². The second-order valence-electron chi connectivity index (χ2n) is 5.62.